The Kier molecular flexibility index (Phi) is 5.08. The Bertz CT molecular complexity index is 879. The van der Waals surface area contributed by atoms with Gasteiger partial charge >= 0.3 is 6.01 Å². The molecule has 2 heterocycles. The Morgan fingerprint density at radius 3 is 2.56 bits per heavy atom. The molecule has 7 nitrogen and oxygen atoms in total. The van der Waals surface area contributed by atoms with E-state index >= 15 is 0 Å². The number of hydrogen-bond donors (Lipinski definition) is 1. The minimum atomic E-state index is 0.175. The molecule has 1 atom stereocenters. The molecule has 2 N–H and O–H groups in total. The summed E-state index contributed by atoms with van der Waals surface area (Å²) in [6, 6.07) is 8.17. The van der Waals surface area contributed by atoms with Crippen LogP contribution in [0.15, 0.2) is 29.0 Å². The molecule has 3 rings (SSSR count). The smallest absolute Gasteiger partial charge is 0.320 e. The van der Waals surface area contributed by atoms with E-state index in [1.807, 2.05) is 35.8 Å². The molecule has 0 radical (unpaired) electrons. The summed E-state index contributed by atoms with van der Waals surface area (Å²) in [5.74, 6) is 1.32. The largest absolute Gasteiger partial charge is 0.497 e. The summed E-state index contributed by atoms with van der Waals surface area (Å²) in [6.45, 7) is 5.25. The number of nitrogen functional groups attached to an aromatic ring is 1. The van der Waals surface area contributed by atoms with Crippen molar-refractivity contribution >= 4 is 32.9 Å². The number of hydrogen-bond acceptors (Lipinski definition) is 6. The van der Waals surface area contributed by atoms with E-state index in [4.69, 9.17) is 15.2 Å². The van der Waals surface area contributed by atoms with E-state index in [1.54, 1.807) is 7.11 Å². The van der Waals surface area contributed by atoms with Crippen LogP contribution in [0.2, 0.25) is 0 Å². The fourth-order valence-corrected chi connectivity index (χ4v) is 3.14. The average Bonchev–Trinajstić information content (AvgIpc) is 2.95. The van der Waals surface area contributed by atoms with Crippen LogP contribution in [0.25, 0.3) is 11.2 Å². The molecule has 132 valence electrons. The summed E-state index contributed by atoms with van der Waals surface area (Å²) in [4.78, 5) is 13.0. The van der Waals surface area contributed by atoms with Gasteiger partial charge in [-0.25, -0.2) is 4.98 Å². The number of aromatic nitrogens is 4. The van der Waals surface area contributed by atoms with Crippen LogP contribution in [0.3, 0.4) is 0 Å². The predicted molar refractivity (Wildman–Crippen MR) is 100 cm³/mol. The van der Waals surface area contributed by atoms with Gasteiger partial charge in [0.2, 0.25) is 0 Å². The highest BCUT2D eigenvalue weighted by Gasteiger charge is 2.16. The lowest BCUT2D eigenvalue weighted by Gasteiger charge is -2.13. The van der Waals surface area contributed by atoms with Crippen LogP contribution in [0, 0.1) is 0 Å². The number of methoxy groups -OCH3 is 1. The SMILES string of the molecule is CCn1c(Br)nc2c(N)nc(OCC(C)c3ccc(OC)cc3)nc21. The van der Waals surface area contributed by atoms with Crippen molar-refractivity contribution in [3.63, 3.8) is 0 Å². The van der Waals surface area contributed by atoms with Crippen molar-refractivity contribution in [3.8, 4) is 11.8 Å². The standard InChI is InChI=1S/C17H20BrN5O2/c1-4-23-15-13(20-16(23)18)14(19)21-17(22-15)25-9-10(2)11-5-7-12(24-3)8-6-11/h5-8,10H,4,9H2,1-3H3,(H2,19,21,22). The molecular weight excluding hydrogens is 386 g/mol. The maximum absolute atomic E-state index is 6.00. The van der Waals surface area contributed by atoms with Gasteiger partial charge in [-0.3, -0.25) is 0 Å². The first-order chi connectivity index (χ1) is 12.0. The Hall–Kier alpha value is -2.35. The van der Waals surface area contributed by atoms with E-state index in [0.29, 0.717) is 28.3 Å². The first kappa shape index (κ1) is 17.5. The van der Waals surface area contributed by atoms with Gasteiger partial charge in [0, 0.05) is 12.5 Å². The maximum atomic E-state index is 6.00. The van der Waals surface area contributed by atoms with Crippen molar-refractivity contribution in [1.29, 1.82) is 0 Å². The predicted octanol–water partition coefficient (Wildman–Crippen LogP) is 3.38. The fourth-order valence-electron chi connectivity index (χ4n) is 2.55. The number of nitrogens with two attached hydrogens (primary N) is 1. The van der Waals surface area contributed by atoms with Crippen LogP contribution in [-0.4, -0.2) is 33.2 Å². The van der Waals surface area contributed by atoms with Crippen LogP contribution in [0.1, 0.15) is 25.3 Å². The van der Waals surface area contributed by atoms with E-state index in [9.17, 15) is 0 Å². The molecule has 0 saturated carbocycles. The Morgan fingerprint density at radius 1 is 1.20 bits per heavy atom. The van der Waals surface area contributed by atoms with Gasteiger partial charge < -0.3 is 19.8 Å². The fraction of sp³-hybridized carbons (Fsp3) is 0.353. The topological polar surface area (TPSA) is 88.1 Å². The average molecular weight is 406 g/mol. The number of anilines is 1. The summed E-state index contributed by atoms with van der Waals surface area (Å²) < 4.78 is 13.6. The zero-order chi connectivity index (χ0) is 18.0. The number of ether oxygens (including phenoxy) is 2. The quantitative estimate of drug-likeness (QED) is 0.632. The molecule has 0 spiro atoms. The van der Waals surface area contributed by atoms with E-state index in [0.717, 1.165) is 17.9 Å². The molecule has 0 aliphatic carbocycles. The van der Waals surface area contributed by atoms with Crippen molar-refractivity contribution < 1.29 is 9.47 Å². The number of fused-ring (bicyclic) bond motifs is 1. The minimum absolute atomic E-state index is 0.175. The third kappa shape index (κ3) is 3.53. The first-order valence-corrected chi connectivity index (χ1v) is 8.78. The monoisotopic (exact) mass is 405 g/mol. The lowest BCUT2D eigenvalue weighted by molar-refractivity contribution is 0.274. The van der Waals surface area contributed by atoms with Crippen molar-refractivity contribution in [1.82, 2.24) is 19.5 Å². The van der Waals surface area contributed by atoms with Gasteiger partial charge in [0.05, 0.1) is 13.7 Å². The molecule has 1 aromatic carbocycles. The summed E-state index contributed by atoms with van der Waals surface area (Å²) in [5, 5.41) is 0. The van der Waals surface area contributed by atoms with Gasteiger partial charge in [0.1, 0.15) is 5.75 Å². The number of rotatable bonds is 6. The van der Waals surface area contributed by atoms with E-state index < -0.39 is 0 Å². The van der Waals surface area contributed by atoms with Crippen molar-refractivity contribution in [2.45, 2.75) is 26.3 Å². The second kappa shape index (κ2) is 7.26. The zero-order valence-corrected chi connectivity index (χ0v) is 15.9. The number of imidazole rings is 1. The van der Waals surface area contributed by atoms with Crippen LogP contribution in [0.5, 0.6) is 11.8 Å². The van der Waals surface area contributed by atoms with Gasteiger partial charge in [0.25, 0.3) is 0 Å². The summed E-state index contributed by atoms with van der Waals surface area (Å²) in [6.07, 6.45) is 0. The molecular formula is C17H20BrN5O2. The maximum Gasteiger partial charge on any atom is 0.320 e. The summed E-state index contributed by atoms with van der Waals surface area (Å²) in [7, 11) is 1.65. The molecule has 25 heavy (non-hydrogen) atoms. The molecule has 2 aromatic heterocycles. The minimum Gasteiger partial charge on any atom is -0.497 e. The van der Waals surface area contributed by atoms with Gasteiger partial charge in [-0.2, -0.15) is 9.97 Å². The Labute approximate surface area is 154 Å². The Balaban J connectivity index is 1.78. The summed E-state index contributed by atoms with van der Waals surface area (Å²) in [5.41, 5.74) is 8.39. The molecule has 0 amide bonds. The van der Waals surface area contributed by atoms with Crippen LogP contribution in [0.4, 0.5) is 5.82 Å². The highest BCUT2D eigenvalue weighted by atomic mass is 79.9. The molecule has 0 saturated heterocycles. The molecule has 0 aliphatic rings. The highest BCUT2D eigenvalue weighted by molar-refractivity contribution is 9.10. The van der Waals surface area contributed by atoms with Gasteiger partial charge in [0.15, 0.2) is 21.7 Å². The Morgan fingerprint density at radius 2 is 1.92 bits per heavy atom. The van der Waals surface area contributed by atoms with Gasteiger partial charge in [-0.05, 0) is 40.5 Å². The van der Waals surface area contributed by atoms with Crippen LogP contribution >= 0.6 is 15.9 Å². The second-order valence-electron chi connectivity index (χ2n) is 5.67. The number of benzene rings is 1. The van der Waals surface area contributed by atoms with E-state index in [2.05, 4.69) is 37.8 Å². The molecule has 0 bridgehead atoms. The van der Waals surface area contributed by atoms with Crippen LogP contribution < -0.4 is 15.2 Å². The molecule has 0 fully saturated rings. The van der Waals surface area contributed by atoms with E-state index in [-0.39, 0.29) is 11.9 Å². The summed E-state index contributed by atoms with van der Waals surface area (Å²) >= 11 is 3.41. The second-order valence-corrected chi connectivity index (χ2v) is 6.38. The molecule has 0 aliphatic heterocycles. The lowest BCUT2D eigenvalue weighted by atomic mass is 10.0. The van der Waals surface area contributed by atoms with Crippen molar-refractivity contribution in [3.05, 3.63) is 34.6 Å². The number of aryl methyl sites for hydroxylation is 1. The highest BCUT2D eigenvalue weighted by Crippen LogP contribution is 2.25. The molecule has 1 unspecified atom stereocenters. The van der Waals surface area contributed by atoms with Gasteiger partial charge in [-0.15, -0.1) is 0 Å². The normalized spacial score (nSPS) is 12.3. The third-order valence-corrected chi connectivity index (χ3v) is 4.62. The van der Waals surface area contributed by atoms with E-state index in [1.165, 1.54) is 0 Å². The van der Waals surface area contributed by atoms with Crippen LogP contribution in [-0.2, 0) is 6.54 Å². The zero-order valence-electron chi connectivity index (χ0n) is 14.4. The van der Waals surface area contributed by atoms with Crippen molar-refractivity contribution in [2.75, 3.05) is 19.5 Å². The molecule has 3 aromatic rings. The lowest BCUT2D eigenvalue weighted by Crippen LogP contribution is -2.10. The van der Waals surface area contributed by atoms with Crippen molar-refractivity contribution in [2.24, 2.45) is 0 Å². The third-order valence-electron chi connectivity index (χ3n) is 4.02. The first-order valence-electron chi connectivity index (χ1n) is 7.99. The molecule has 8 heteroatoms. The number of nitrogens with zero attached hydrogens (tertiary/aromatic N) is 4. The van der Waals surface area contributed by atoms with Gasteiger partial charge in [-0.1, -0.05) is 19.1 Å². The number of halogens is 1.